The molecule has 4 aliphatic heterocycles. The minimum Gasteiger partial charge on any atom is -0.381 e. The molecule has 0 unspecified atom stereocenters. The molecule has 0 N–H and O–H groups in total. The third-order valence-corrected chi connectivity index (χ3v) is 9.55. The summed E-state index contributed by atoms with van der Waals surface area (Å²) in [6.45, 7) is 11.3. The molecule has 1 aromatic carbocycles. The first-order valence-corrected chi connectivity index (χ1v) is 14.9. The van der Waals surface area contributed by atoms with Crippen molar-refractivity contribution in [1.82, 2.24) is 9.97 Å². The van der Waals surface area contributed by atoms with Crippen LogP contribution in [0.25, 0.3) is 10.9 Å². The Kier molecular flexibility index (Phi) is 6.62. The predicted octanol–water partition coefficient (Wildman–Crippen LogP) is 5.41. The molecule has 4 aliphatic rings. The monoisotopic (exact) mass is 577 g/mol. The third kappa shape index (κ3) is 4.50. The number of amides is 1. The van der Waals surface area contributed by atoms with Gasteiger partial charge in [-0.2, -0.15) is 0 Å². The Morgan fingerprint density at radius 2 is 1.67 bits per heavy atom. The first kappa shape index (κ1) is 27.5. The molecule has 0 radical (unpaired) electrons. The van der Waals surface area contributed by atoms with E-state index < -0.39 is 11.6 Å². The van der Waals surface area contributed by atoms with Gasteiger partial charge in [0.05, 0.1) is 53.1 Å². The zero-order valence-electron chi connectivity index (χ0n) is 24.5. The van der Waals surface area contributed by atoms with Crippen LogP contribution in [0.4, 0.5) is 31.7 Å². The van der Waals surface area contributed by atoms with Gasteiger partial charge < -0.3 is 19.3 Å². The summed E-state index contributed by atoms with van der Waals surface area (Å²) in [5.74, 6) is -0.921. The van der Waals surface area contributed by atoms with Crippen molar-refractivity contribution in [3.63, 3.8) is 0 Å². The summed E-state index contributed by atoms with van der Waals surface area (Å²) in [6, 6.07) is 4.35. The van der Waals surface area contributed by atoms with Crippen molar-refractivity contribution >= 4 is 39.7 Å². The molecular formula is C32H37F2N5O3. The van der Waals surface area contributed by atoms with Gasteiger partial charge in [-0.05, 0) is 37.7 Å². The minimum atomic E-state index is -0.697. The number of anilines is 4. The van der Waals surface area contributed by atoms with Crippen LogP contribution in [-0.2, 0) is 19.7 Å². The molecule has 0 bridgehead atoms. The molecule has 1 amide bonds. The minimum absolute atomic E-state index is 0.0221. The fourth-order valence-corrected chi connectivity index (χ4v) is 7.21. The third-order valence-electron chi connectivity index (χ3n) is 9.55. The Morgan fingerprint density at radius 1 is 0.929 bits per heavy atom. The molecule has 0 saturated carbocycles. The van der Waals surface area contributed by atoms with Crippen LogP contribution >= 0.6 is 0 Å². The van der Waals surface area contributed by atoms with Gasteiger partial charge in [0.1, 0.15) is 17.5 Å². The van der Waals surface area contributed by atoms with E-state index in [0.29, 0.717) is 63.0 Å². The van der Waals surface area contributed by atoms with Crippen molar-refractivity contribution in [2.24, 2.45) is 5.41 Å². The topological polar surface area (TPSA) is 71.0 Å². The van der Waals surface area contributed by atoms with E-state index >= 15 is 4.39 Å². The Bertz CT molecular complexity index is 1570. The van der Waals surface area contributed by atoms with E-state index in [4.69, 9.17) is 19.4 Å². The molecule has 10 heteroatoms. The lowest BCUT2D eigenvalue weighted by Gasteiger charge is -2.39. The van der Waals surface area contributed by atoms with Gasteiger partial charge in [0.2, 0.25) is 5.91 Å². The number of fused-ring (bicyclic) bond motifs is 3. The molecule has 7 rings (SSSR count). The van der Waals surface area contributed by atoms with Crippen LogP contribution in [-0.4, -0.2) is 68.5 Å². The Balaban J connectivity index is 1.45. The van der Waals surface area contributed by atoms with E-state index in [0.717, 1.165) is 55.5 Å². The summed E-state index contributed by atoms with van der Waals surface area (Å²) in [5, 5.41) is 0.258. The van der Waals surface area contributed by atoms with E-state index in [1.54, 1.807) is 4.90 Å². The average molecular weight is 578 g/mol. The molecule has 6 heterocycles. The lowest BCUT2D eigenvalue weighted by molar-refractivity contribution is -0.121. The summed E-state index contributed by atoms with van der Waals surface area (Å²) in [4.78, 5) is 29.2. The van der Waals surface area contributed by atoms with Crippen LogP contribution in [0.5, 0.6) is 0 Å². The fourth-order valence-electron chi connectivity index (χ4n) is 7.21. The van der Waals surface area contributed by atoms with Crippen LogP contribution in [0.3, 0.4) is 0 Å². The van der Waals surface area contributed by atoms with Gasteiger partial charge in [-0.15, -0.1) is 0 Å². The summed E-state index contributed by atoms with van der Waals surface area (Å²) in [5.41, 5.74) is 4.03. The van der Waals surface area contributed by atoms with E-state index in [1.165, 1.54) is 6.07 Å². The molecule has 3 fully saturated rings. The molecule has 222 valence electrons. The van der Waals surface area contributed by atoms with Gasteiger partial charge in [-0.1, -0.05) is 13.8 Å². The summed E-state index contributed by atoms with van der Waals surface area (Å²) >= 11 is 0. The molecule has 0 atom stereocenters. The van der Waals surface area contributed by atoms with E-state index in [9.17, 15) is 9.18 Å². The number of halogens is 2. The van der Waals surface area contributed by atoms with E-state index in [1.807, 2.05) is 13.1 Å². The van der Waals surface area contributed by atoms with E-state index in [2.05, 4.69) is 29.7 Å². The zero-order valence-corrected chi connectivity index (χ0v) is 24.5. The van der Waals surface area contributed by atoms with Gasteiger partial charge in [0, 0.05) is 68.9 Å². The lowest BCUT2D eigenvalue weighted by atomic mass is 9.78. The van der Waals surface area contributed by atoms with Gasteiger partial charge >= 0.3 is 0 Å². The van der Waals surface area contributed by atoms with Crippen LogP contribution in [0.1, 0.15) is 50.8 Å². The highest BCUT2D eigenvalue weighted by Crippen LogP contribution is 2.52. The van der Waals surface area contributed by atoms with Crippen molar-refractivity contribution in [2.75, 3.05) is 67.3 Å². The summed E-state index contributed by atoms with van der Waals surface area (Å²) < 4.78 is 41.8. The molecule has 2 aromatic heterocycles. The van der Waals surface area contributed by atoms with Crippen LogP contribution in [0, 0.1) is 24.0 Å². The summed E-state index contributed by atoms with van der Waals surface area (Å²) in [7, 11) is 0. The smallest absolute Gasteiger partial charge is 0.228 e. The number of piperidine rings is 1. The van der Waals surface area contributed by atoms with Crippen molar-refractivity contribution < 1.29 is 23.0 Å². The van der Waals surface area contributed by atoms with Crippen molar-refractivity contribution in [3.05, 3.63) is 47.3 Å². The highest BCUT2D eigenvalue weighted by molar-refractivity contribution is 6.03. The average Bonchev–Trinajstić information content (AvgIpc) is 3.27. The van der Waals surface area contributed by atoms with Crippen LogP contribution in [0.2, 0.25) is 0 Å². The molecule has 0 aliphatic carbocycles. The highest BCUT2D eigenvalue weighted by atomic mass is 19.1. The molecule has 42 heavy (non-hydrogen) atoms. The van der Waals surface area contributed by atoms with Crippen LogP contribution < -0.4 is 14.7 Å². The normalized spacial score (nSPS) is 21.8. The molecular weight excluding hydrogens is 540 g/mol. The Labute approximate surface area is 244 Å². The molecule has 8 nitrogen and oxygen atoms in total. The lowest BCUT2D eigenvalue weighted by Crippen LogP contribution is -2.45. The molecule has 3 saturated heterocycles. The molecule has 1 spiro atoms. The largest absolute Gasteiger partial charge is 0.381 e. The standard InChI is InChI=1S/C32H37F2N5O3/c1-20-28(27-23(34)14-21(33)15-24(27)36-30(20)39-18-31(2,3)5-4-26(39)40)38-19-32(6-10-41-11-7-32)29-25(38)16-22(17-35-29)37-8-12-42-13-9-37/h14-17H,4-13,18-19H2,1-3H3. The number of carbonyl (C=O) groups excluding carboxylic acids is 1. The predicted molar refractivity (Wildman–Crippen MR) is 158 cm³/mol. The van der Waals surface area contributed by atoms with Crippen LogP contribution in [0.15, 0.2) is 24.4 Å². The first-order valence-electron chi connectivity index (χ1n) is 14.9. The maximum absolute atomic E-state index is 15.8. The number of morpholine rings is 1. The van der Waals surface area contributed by atoms with Gasteiger partial charge in [0.25, 0.3) is 0 Å². The van der Waals surface area contributed by atoms with Gasteiger partial charge in [-0.3, -0.25) is 14.7 Å². The van der Waals surface area contributed by atoms with Gasteiger partial charge in [0.15, 0.2) is 0 Å². The van der Waals surface area contributed by atoms with Crippen molar-refractivity contribution in [1.29, 1.82) is 0 Å². The number of ether oxygens (including phenoxy) is 2. The second-order valence-electron chi connectivity index (χ2n) is 13.0. The Morgan fingerprint density at radius 3 is 2.43 bits per heavy atom. The fraction of sp³-hybridized carbons (Fsp3) is 0.531. The SMILES string of the molecule is Cc1c(N2CC(C)(C)CCC2=O)nc2cc(F)cc(F)c2c1N1CC2(CCOCC2)c2ncc(N3CCOCC3)cc21. The van der Waals surface area contributed by atoms with Gasteiger partial charge in [-0.25, -0.2) is 13.8 Å². The molecule has 3 aromatic rings. The number of benzene rings is 1. The first-order chi connectivity index (χ1) is 20.2. The number of hydrogen-bond acceptors (Lipinski definition) is 7. The number of nitrogens with zero attached hydrogens (tertiary/aromatic N) is 5. The number of carbonyl (C=O) groups is 1. The maximum Gasteiger partial charge on any atom is 0.228 e. The number of hydrogen-bond donors (Lipinski definition) is 0. The second kappa shape index (κ2) is 10.1. The number of rotatable bonds is 3. The van der Waals surface area contributed by atoms with Crippen molar-refractivity contribution in [2.45, 2.75) is 51.9 Å². The summed E-state index contributed by atoms with van der Waals surface area (Å²) in [6.07, 6.45) is 4.72. The zero-order chi connectivity index (χ0) is 29.2. The highest BCUT2D eigenvalue weighted by Gasteiger charge is 2.47. The quantitative estimate of drug-likeness (QED) is 0.413. The second-order valence-corrected chi connectivity index (χ2v) is 13.0. The van der Waals surface area contributed by atoms with E-state index in [-0.39, 0.29) is 27.6 Å². The Hall–Kier alpha value is -3.37. The number of pyridine rings is 2. The number of aromatic nitrogens is 2. The maximum atomic E-state index is 15.8. The van der Waals surface area contributed by atoms with Crippen molar-refractivity contribution in [3.8, 4) is 0 Å².